The summed E-state index contributed by atoms with van der Waals surface area (Å²) in [6.45, 7) is 0.528. The van der Waals surface area contributed by atoms with Crippen molar-refractivity contribution in [1.82, 2.24) is 5.32 Å². The van der Waals surface area contributed by atoms with Crippen molar-refractivity contribution >= 4 is 17.5 Å². The quantitative estimate of drug-likeness (QED) is 0.659. The summed E-state index contributed by atoms with van der Waals surface area (Å²) in [5, 5.41) is 5.70. The van der Waals surface area contributed by atoms with Gasteiger partial charge in [0.1, 0.15) is 5.75 Å². The van der Waals surface area contributed by atoms with Gasteiger partial charge in [-0.05, 0) is 42.3 Å². The van der Waals surface area contributed by atoms with E-state index in [1.54, 1.807) is 43.5 Å². The lowest BCUT2D eigenvalue weighted by atomic mass is 10.1. The Balaban J connectivity index is 1.62. The minimum atomic E-state index is -0.302. The first-order valence-electron chi connectivity index (χ1n) is 9.04. The molecule has 0 heterocycles. The fraction of sp³-hybridized carbons (Fsp3) is 0.130. The number of amides is 2. The molecule has 3 aromatic rings. The highest BCUT2D eigenvalue weighted by Crippen LogP contribution is 2.23. The molecular weight excluding hydrogens is 352 g/mol. The predicted molar refractivity (Wildman–Crippen MR) is 110 cm³/mol. The minimum Gasteiger partial charge on any atom is -0.495 e. The second kappa shape index (κ2) is 9.37. The number of nitrogens with one attached hydrogen (secondary N) is 2. The Morgan fingerprint density at radius 2 is 1.50 bits per heavy atom. The van der Waals surface area contributed by atoms with Gasteiger partial charge in [-0.15, -0.1) is 0 Å². The topological polar surface area (TPSA) is 67.4 Å². The smallest absolute Gasteiger partial charge is 0.255 e. The highest BCUT2D eigenvalue weighted by molar-refractivity contribution is 6.06. The average Bonchev–Trinajstić information content (AvgIpc) is 2.75. The summed E-state index contributed by atoms with van der Waals surface area (Å²) in [4.78, 5) is 25.0. The maximum absolute atomic E-state index is 12.6. The van der Waals surface area contributed by atoms with Crippen molar-refractivity contribution in [3.05, 3.63) is 95.6 Å². The highest BCUT2D eigenvalue weighted by atomic mass is 16.5. The van der Waals surface area contributed by atoms with Crippen LogP contribution in [0.2, 0.25) is 0 Å². The number of hydrogen-bond donors (Lipinski definition) is 2. The number of carbonyl (C=O) groups excluding carboxylic acids is 2. The first kappa shape index (κ1) is 19.2. The van der Waals surface area contributed by atoms with Gasteiger partial charge in [0.15, 0.2) is 0 Å². The van der Waals surface area contributed by atoms with Crippen LogP contribution >= 0.6 is 0 Å². The van der Waals surface area contributed by atoms with E-state index in [2.05, 4.69) is 10.6 Å². The molecule has 0 unspecified atom stereocenters. The number of anilines is 1. The van der Waals surface area contributed by atoms with Crippen molar-refractivity contribution in [3.63, 3.8) is 0 Å². The van der Waals surface area contributed by atoms with E-state index in [-0.39, 0.29) is 11.8 Å². The molecule has 0 saturated heterocycles. The average molecular weight is 374 g/mol. The molecule has 5 heteroatoms. The standard InChI is InChI=1S/C23H22N2O3/c1-28-21-13-6-5-12-20(21)25-23(27)19-11-7-10-18(16-19)22(26)24-15-14-17-8-3-2-4-9-17/h2-13,16H,14-15H2,1H3,(H,24,26)(H,25,27). The number of para-hydroxylation sites is 2. The summed E-state index contributed by atoms with van der Waals surface area (Å²) in [5.41, 5.74) is 2.59. The number of rotatable bonds is 7. The number of ether oxygens (including phenoxy) is 1. The van der Waals surface area contributed by atoms with Crippen molar-refractivity contribution in [3.8, 4) is 5.75 Å². The van der Waals surface area contributed by atoms with E-state index in [0.717, 1.165) is 12.0 Å². The number of carbonyl (C=O) groups is 2. The molecule has 0 fully saturated rings. The maximum Gasteiger partial charge on any atom is 0.255 e. The SMILES string of the molecule is COc1ccccc1NC(=O)c1cccc(C(=O)NCCc2ccccc2)c1. The molecule has 2 N–H and O–H groups in total. The zero-order valence-electron chi connectivity index (χ0n) is 15.6. The molecule has 0 saturated carbocycles. The van der Waals surface area contributed by atoms with E-state index in [1.807, 2.05) is 42.5 Å². The zero-order valence-corrected chi connectivity index (χ0v) is 15.6. The summed E-state index contributed by atoms with van der Waals surface area (Å²) in [6, 6.07) is 23.8. The fourth-order valence-electron chi connectivity index (χ4n) is 2.81. The molecule has 0 aromatic heterocycles. The van der Waals surface area contributed by atoms with Crippen molar-refractivity contribution < 1.29 is 14.3 Å². The van der Waals surface area contributed by atoms with Gasteiger partial charge in [0.05, 0.1) is 12.8 Å². The van der Waals surface area contributed by atoms with Crippen LogP contribution in [0.25, 0.3) is 0 Å². The largest absolute Gasteiger partial charge is 0.495 e. The third-order valence-electron chi connectivity index (χ3n) is 4.28. The van der Waals surface area contributed by atoms with Crippen LogP contribution in [0.4, 0.5) is 5.69 Å². The molecule has 142 valence electrons. The Morgan fingerprint density at radius 1 is 0.821 bits per heavy atom. The van der Waals surface area contributed by atoms with E-state index in [9.17, 15) is 9.59 Å². The maximum atomic E-state index is 12.6. The minimum absolute atomic E-state index is 0.206. The van der Waals surface area contributed by atoms with E-state index in [0.29, 0.717) is 29.1 Å². The van der Waals surface area contributed by atoms with Crippen LogP contribution < -0.4 is 15.4 Å². The van der Waals surface area contributed by atoms with Gasteiger partial charge in [0, 0.05) is 17.7 Å². The van der Waals surface area contributed by atoms with E-state index in [4.69, 9.17) is 4.74 Å². The Labute approximate surface area is 164 Å². The Hall–Kier alpha value is -3.60. The van der Waals surface area contributed by atoms with Crippen LogP contribution in [-0.4, -0.2) is 25.5 Å². The van der Waals surface area contributed by atoms with Gasteiger partial charge >= 0.3 is 0 Å². The summed E-state index contributed by atoms with van der Waals surface area (Å²) >= 11 is 0. The third-order valence-corrected chi connectivity index (χ3v) is 4.28. The van der Waals surface area contributed by atoms with Crippen LogP contribution in [0.15, 0.2) is 78.9 Å². The van der Waals surface area contributed by atoms with E-state index >= 15 is 0 Å². The van der Waals surface area contributed by atoms with Crippen molar-refractivity contribution in [2.75, 3.05) is 19.0 Å². The molecule has 0 spiro atoms. The summed E-state index contributed by atoms with van der Waals surface area (Å²) in [5.74, 6) is 0.0666. The Morgan fingerprint density at radius 3 is 2.25 bits per heavy atom. The second-order valence-corrected chi connectivity index (χ2v) is 6.23. The van der Waals surface area contributed by atoms with Crippen LogP contribution in [0.1, 0.15) is 26.3 Å². The van der Waals surface area contributed by atoms with Crippen molar-refractivity contribution in [1.29, 1.82) is 0 Å². The molecule has 0 aliphatic heterocycles. The van der Waals surface area contributed by atoms with Crippen LogP contribution in [-0.2, 0) is 6.42 Å². The Bertz CT molecular complexity index is 955. The highest BCUT2D eigenvalue weighted by Gasteiger charge is 2.12. The lowest BCUT2D eigenvalue weighted by Gasteiger charge is -2.10. The molecule has 0 aliphatic carbocycles. The number of hydrogen-bond acceptors (Lipinski definition) is 3. The first-order chi connectivity index (χ1) is 13.7. The van der Waals surface area contributed by atoms with E-state index in [1.165, 1.54) is 0 Å². The molecule has 0 atom stereocenters. The van der Waals surface area contributed by atoms with Gasteiger partial charge in [0.25, 0.3) is 11.8 Å². The van der Waals surface area contributed by atoms with Gasteiger partial charge in [-0.2, -0.15) is 0 Å². The van der Waals surface area contributed by atoms with Crippen molar-refractivity contribution in [2.45, 2.75) is 6.42 Å². The summed E-state index contributed by atoms with van der Waals surface area (Å²) < 4.78 is 5.25. The third kappa shape index (κ3) is 4.98. The number of methoxy groups -OCH3 is 1. The monoisotopic (exact) mass is 374 g/mol. The van der Waals surface area contributed by atoms with Crippen LogP contribution in [0.3, 0.4) is 0 Å². The fourth-order valence-corrected chi connectivity index (χ4v) is 2.81. The van der Waals surface area contributed by atoms with Crippen molar-refractivity contribution in [2.24, 2.45) is 0 Å². The first-order valence-corrected chi connectivity index (χ1v) is 9.04. The number of benzene rings is 3. The molecule has 0 aliphatic rings. The van der Waals surface area contributed by atoms with E-state index < -0.39 is 0 Å². The van der Waals surface area contributed by atoms with Crippen LogP contribution in [0.5, 0.6) is 5.75 Å². The molecule has 0 bridgehead atoms. The van der Waals surface area contributed by atoms with Gasteiger partial charge in [0.2, 0.25) is 0 Å². The second-order valence-electron chi connectivity index (χ2n) is 6.23. The Kier molecular flexibility index (Phi) is 6.41. The molecule has 5 nitrogen and oxygen atoms in total. The van der Waals surface area contributed by atoms with Gasteiger partial charge in [-0.1, -0.05) is 48.5 Å². The lowest BCUT2D eigenvalue weighted by molar-refractivity contribution is 0.0954. The molecule has 3 rings (SSSR count). The predicted octanol–water partition coefficient (Wildman–Crippen LogP) is 3.92. The van der Waals surface area contributed by atoms with Crippen LogP contribution in [0, 0.1) is 0 Å². The zero-order chi connectivity index (χ0) is 19.8. The summed E-state index contributed by atoms with van der Waals surface area (Å²) in [7, 11) is 1.55. The molecule has 0 radical (unpaired) electrons. The summed E-state index contributed by atoms with van der Waals surface area (Å²) in [6.07, 6.45) is 0.751. The molecule has 3 aromatic carbocycles. The molecular formula is C23H22N2O3. The molecule has 2 amide bonds. The van der Waals surface area contributed by atoms with Gasteiger partial charge in [-0.25, -0.2) is 0 Å². The van der Waals surface area contributed by atoms with Gasteiger partial charge < -0.3 is 15.4 Å². The normalized spacial score (nSPS) is 10.2. The molecule has 28 heavy (non-hydrogen) atoms. The van der Waals surface area contributed by atoms with Gasteiger partial charge in [-0.3, -0.25) is 9.59 Å². The lowest BCUT2D eigenvalue weighted by Crippen LogP contribution is -2.26.